The van der Waals surface area contributed by atoms with Crippen LogP contribution in [0.4, 0.5) is 5.69 Å². The van der Waals surface area contributed by atoms with Crippen LogP contribution in [0.1, 0.15) is 37.8 Å². The standard InChI is InChI=1S/C16H26N4O/c1-5-13(4)19-15(21)8-9-18-16(17)20-14-7-6-11(2)12(3)10-14/h6-7,10,13H,5,8-9H2,1-4H3,(H,19,21)(H3,17,18,20). The average Bonchev–Trinajstić information content (AvgIpc) is 2.42. The molecule has 1 aromatic rings. The predicted octanol–water partition coefficient (Wildman–Crippen LogP) is 2.33. The van der Waals surface area contributed by atoms with E-state index in [0.717, 1.165) is 12.1 Å². The number of amides is 1. The number of hydrogen-bond acceptors (Lipinski definition) is 2. The minimum Gasteiger partial charge on any atom is -0.370 e. The summed E-state index contributed by atoms with van der Waals surface area (Å²) in [6.45, 7) is 8.51. The third-order valence-corrected chi connectivity index (χ3v) is 3.42. The van der Waals surface area contributed by atoms with Gasteiger partial charge in [0.05, 0.1) is 6.54 Å². The van der Waals surface area contributed by atoms with Gasteiger partial charge in [-0.25, -0.2) is 0 Å². The summed E-state index contributed by atoms with van der Waals surface area (Å²) >= 11 is 0. The number of hydrogen-bond donors (Lipinski definition) is 3. The second-order valence-corrected chi connectivity index (χ2v) is 5.32. The number of aliphatic imine (C=N–C) groups is 1. The lowest BCUT2D eigenvalue weighted by Gasteiger charge is -2.10. The van der Waals surface area contributed by atoms with Gasteiger partial charge in [-0.3, -0.25) is 9.79 Å². The number of nitrogens with two attached hydrogens (primary N) is 1. The zero-order valence-corrected chi connectivity index (χ0v) is 13.4. The maximum absolute atomic E-state index is 11.6. The van der Waals surface area contributed by atoms with Crippen molar-refractivity contribution < 1.29 is 4.79 Å². The van der Waals surface area contributed by atoms with Gasteiger partial charge in [-0.05, 0) is 50.5 Å². The summed E-state index contributed by atoms with van der Waals surface area (Å²) in [6, 6.07) is 6.21. The molecule has 1 unspecified atom stereocenters. The Kier molecular flexibility index (Phi) is 6.72. The molecule has 0 heterocycles. The van der Waals surface area contributed by atoms with Crippen molar-refractivity contribution in [3.63, 3.8) is 0 Å². The maximum atomic E-state index is 11.6. The van der Waals surface area contributed by atoms with Crippen molar-refractivity contribution in [2.24, 2.45) is 10.7 Å². The summed E-state index contributed by atoms with van der Waals surface area (Å²) < 4.78 is 0. The van der Waals surface area contributed by atoms with Crippen LogP contribution in [-0.2, 0) is 4.79 Å². The quantitative estimate of drug-likeness (QED) is 0.556. The molecule has 4 N–H and O–H groups in total. The molecule has 0 spiro atoms. The highest BCUT2D eigenvalue weighted by Gasteiger charge is 2.04. The van der Waals surface area contributed by atoms with Gasteiger partial charge in [0.25, 0.3) is 0 Å². The minimum absolute atomic E-state index is 0.00656. The third kappa shape index (κ3) is 6.29. The van der Waals surface area contributed by atoms with Crippen LogP contribution in [-0.4, -0.2) is 24.5 Å². The van der Waals surface area contributed by atoms with Gasteiger partial charge in [0, 0.05) is 18.2 Å². The molecule has 0 aliphatic heterocycles. The number of benzene rings is 1. The summed E-state index contributed by atoms with van der Waals surface area (Å²) in [5, 5.41) is 5.93. The molecule has 1 atom stereocenters. The van der Waals surface area contributed by atoms with E-state index in [9.17, 15) is 4.79 Å². The Morgan fingerprint density at radius 1 is 1.33 bits per heavy atom. The first kappa shape index (κ1) is 17.0. The molecule has 21 heavy (non-hydrogen) atoms. The molecular weight excluding hydrogens is 264 g/mol. The average molecular weight is 290 g/mol. The summed E-state index contributed by atoms with van der Waals surface area (Å²) in [5.74, 6) is 0.335. The Morgan fingerprint density at radius 3 is 2.67 bits per heavy atom. The molecule has 0 saturated heterocycles. The fraction of sp³-hybridized carbons (Fsp3) is 0.500. The molecule has 1 aromatic carbocycles. The number of carbonyl (C=O) groups excluding carboxylic acids is 1. The Balaban J connectivity index is 2.42. The highest BCUT2D eigenvalue weighted by atomic mass is 16.1. The molecule has 0 aliphatic rings. The first-order valence-electron chi connectivity index (χ1n) is 7.36. The lowest BCUT2D eigenvalue weighted by Crippen LogP contribution is -2.32. The maximum Gasteiger partial charge on any atom is 0.222 e. The molecule has 1 amide bonds. The molecule has 5 heteroatoms. The molecule has 5 nitrogen and oxygen atoms in total. The van der Waals surface area contributed by atoms with E-state index < -0.39 is 0 Å². The van der Waals surface area contributed by atoms with Gasteiger partial charge < -0.3 is 16.4 Å². The van der Waals surface area contributed by atoms with Crippen molar-refractivity contribution in [1.82, 2.24) is 5.32 Å². The molecule has 1 rings (SSSR count). The second-order valence-electron chi connectivity index (χ2n) is 5.32. The molecule has 116 valence electrons. The van der Waals surface area contributed by atoms with Gasteiger partial charge in [-0.2, -0.15) is 0 Å². The second kappa shape index (κ2) is 8.29. The summed E-state index contributed by atoms with van der Waals surface area (Å²) in [4.78, 5) is 15.8. The molecule has 0 radical (unpaired) electrons. The Morgan fingerprint density at radius 2 is 2.05 bits per heavy atom. The molecule has 0 aliphatic carbocycles. The van der Waals surface area contributed by atoms with Crippen LogP contribution < -0.4 is 16.4 Å². The fourth-order valence-electron chi connectivity index (χ4n) is 1.73. The van der Waals surface area contributed by atoms with E-state index in [2.05, 4.69) is 22.5 Å². The van der Waals surface area contributed by atoms with E-state index in [0.29, 0.717) is 18.9 Å². The lowest BCUT2D eigenvalue weighted by molar-refractivity contribution is -0.121. The lowest BCUT2D eigenvalue weighted by atomic mass is 10.1. The van der Waals surface area contributed by atoms with Crippen LogP contribution in [0.2, 0.25) is 0 Å². The number of carbonyl (C=O) groups is 1. The van der Waals surface area contributed by atoms with E-state index in [1.54, 1.807) is 0 Å². The van der Waals surface area contributed by atoms with Gasteiger partial charge in [0.15, 0.2) is 5.96 Å². The van der Waals surface area contributed by atoms with Crippen molar-refractivity contribution in [1.29, 1.82) is 0 Å². The third-order valence-electron chi connectivity index (χ3n) is 3.42. The molecule has 0 fully saturated rings. The summed E-state index contributed by atoms with van der Waals surface area (Å²) in [7, 11) is 0. The Labute approximate surface area is 127 Å². The van der Waals surface area contributed by atoms with Crippen LogP contribution in [0.25, 0.3) is 0 Å². The normalized spacial score (nSPS) is 12.9. The van der Waals surface area contributed by atoms with Crippen LogP contribution in [0.15, 0.2) is 23.2 Å². The molecule has 0 bridgehead atoms. The van der Waals surface area contributed by atoms with Crippen LogP contribution >= 0.6 is 0 Å². The number of nitrogens with one attached hydrogen (secondary N) is 2. The van der Waals surface area contributed by atoms with Gasteiger partial charge in [0.1, 0.15) is 0 Å². The number of anilines is 1. The topological polar surface area (TPSA) is 79.5 Å². The molecule has 0 saturated carbocycles. The zero-order valence-electron chi connectivity index (χ0n) is 13.4. The van der Waals surface area contributed by atoms with Gasteiger partial charge in [0.2, 0.25) is 5.91 Å². The number of guanidine groups is 1. The largest absolute Gasteiger partial charge is 0.370 e. The predicted molar refractivity (Wildman–Crippen MR) is 88.5 cm³/mol. The fourth-order valence-corrected chi connectivity index (χ4v) is 1.73. The highest BCUT2D eigenvalue weighted by Crippen LogP contribution is 2.13. The van der Waals surface area contributed by atoms with Gasteiger partial charge in [-0.1, -0.05) is 13.0 Å². The first-order chi connectivity index (χ1) is 9.92. The molecular formula is C16H26N4O. The smallest absolute Gasteiger partial charge is 0.222 e. The van der Waals surface area contributed by atoms with E-state index in [4.69, 9.17) is 5.73 Å². The van der Waals surface area contributed by atoms with Crippen LogP contribution in [0.3, 0.4) is 0 Å². The summed E-state index contributed by atoms with van der Waals surface area (Å²) in [6.07, 6.45) is 1.27. The number of nitrogens with zero attached hydrogens (tertiary/aromatic N) is 1. The summed E-state index contributed by atoms with van der Waals surface area (Å²) in [5.41, 5.74) is 9.15. The van der Waals surface area contributed by atoms with Gasteiger partial charge >= 0.3 is 0 Å². The minimum atomic E-state index is 0.00656. The monoisotopic (exact) mass is 290 g/mol. The zero-order chi connectivity index (χ0) is 15.8. The van der Waals surface area contributed by atoms with E-state index in [1.165, 1.54) is 11.1 Å². The molecule has 0 aromatic heterocycles. The van der Waals surface area contributed by atoms with E-state index in [-0.39, 0.29) is 11.9 Å². The van der Waals surface area contributed by atoms with Crippen LogP contribution in [0, 0.1) is 13.8 Å². The van der Waals surface area contributed by atoms with Crippen molar-refractivity contribution in [3.05, 3.63) is 29.3 Å². The van der Waals surface area contributed by atoms with E-state index >= 15 is 0 Å². The number of aryl methyl sites for hydroxylation is 2. The first-order valence-corrected chi connectivity index (χ1v) is 7.36. The van der Waals surface area contributed by atoms with Crippen LogP contribution in [0.5, 0.6) is 0 Å². The highest BCUT2D eigenvalue weighted by molar-refractivity contribution is 5.92. The van der Waals surface area contributed by atoms with Crippen molar-refractivity contribution in [2.45, 2.75) is 46.6 Å². The van der Waals surface area contributed by atoms with Gasteiger partial charge in [-0.15, -0.1) is 0 Å². The van der Waals surface area contributed by atoms with Crippen molar-refractivity contribution >= 4 is 17.6 Å². The Bertz CT molecular complexity index is 511. The van der Waals surface area contributed by atoms with Crippen molar-refractivity contribution in [2.75, 3.05) is 11.9 Å². The van der Waals surface area contributed by atoms with Crippen molar-refractivity contribution in [3.8, 4) is 0 Å². The van der Waals surface area contributed by atoms with E-state index in [1.807, 2.05) is 39.0 Å². The Hall–Kier alpha value is -2.04. The number of rotatable bonds is 6. The SMILES string of the molecule is CCC(C)NC(=O)CCN=C(N)Nc1ccc(C)c(C)c1.